The molecular formula is C118H66N12S. The average Bonchev–Trinajstić information content (AvgIpc) is 1.50. The summed E-state index contributed by atoms with van der Waals surface area (Å²) in [5.41, 5.74) is 33.4. The first-order chi connectivity index (χ1) is 65.0. The van der Waals surface area contributed by atoms with E-state index in [1.54, 1.807) is 0 Å². The Labute approximate surface area is 747 Å². The lowest BCUT2D eigenvalue weighted by Gasteiger charge is -2.10. The van der Waals surface area contributed by atoms with Crippen LogP contribution in [0.2, 0.25) is 0 Å². The summed E-state index contributed by atoms with van der Waals surface area (Å²) >= 11 is 1.86. The Morgan fingerprint density at radius 2 is 0.550 bits per heavy atom. The van der Waals surface area contributed by atoms with E-state index in [1.807, 2.05) is 53.8 Å². The second kappa shape index (κ2) is 26.5. The van der Waals surface area contributed by atoms with Gasteiger partial charge >= 0.3 is 0 Å². The van der Waals surface area contributed by atoms with Gasteiger partial charge < -0.3 is 13.7 Å². The summed E-state index contributed by atoms with van der Waals surface area (Å²) in [6.45, 7) is 0. The van der Waals surface area contributed by atoms with Crippen LogP contribution in [0.3, 0.4) is 0 Å². The van der Waals surface area contributed by atoms with Crippen molar-refractivity contribution < 1.29 is 0 Å². The fourth-order valence-electron chi connectivity index (χ4n) is 22.4. The summed E-state index contributed by atoms with van der Waals surface area (Å²) in [6, 6.07) is 143. The molecule has 0 N–H and O–H groups in total. The second-order valence-electron chi connectivity index (χ2n) is 34.7. The highest BCUT2D eigenvalue weighted by molar-refractivity contribution is 7.25. The molecule has 0 unspecified atom stereocenters. The zero-order valence-corrected chi connectivity index (χ0v) is 70.7. The van der Waals surface area contributed by atoms with Gasteiger partial charge in [0.15, 0.2) is 16.9 Å². The van der Waals surface area contributed by atoms with Crippen LogP contribution in [0.4, 0.5) is 0 Å². The van der Waals surface area contributed by atoms with E-state index in [4.69, 9.17) is 29.9 Å². The number of hydrogen-bond donors (Lipinski definition) is 0. The Balaban J connectivity index is 0.0000000951. The number of fused-ring (bicyclic) bond motifs is 38. The van der Waals surface area contributed by atoms with Gasteiger partial charge in [0.25, 0.3) is 0 Å². The van der Waals surface area contributed by atoms with E-state index in [1.165, 1.54) is 162 Å². The molecule has 131 heavy (non-hydrogen) atoms. The number of thiophene rings is 1. The molecule has 0 aliphatic carbocycles. The highest BCUT2D eigenvalue weighted by Gasteiger charge is 2.30. The smallest absolute Gasteiger partial charge is 0.165 e. The SMILES string of the molecule is c1ccc(-c2ccc3nc4c5cccc6c7c8c(ccc7n(c4nc3c2)c56)c2ccccc2n8-c2ccccc2)cc1.c1ccc(-n2c3ccc4ccccc4c3c3ccc4c(c5cccc6c7nc8ccccc8nc7n4c65)c32)cc1.c1ccc(-n2c3ccccc3c3ccc4c(c5cc(-c6ccc7sc8ccccc8c7c6)cc6c7nc8ccccc8nc7n4c65)c32)cc1. The first-order valence-corrected chi connectivity index (χ1v) is 45.3. The fraction of sp³-hybridized carbons (Fsp3) is 0. The number of aromatic nitrogens is 12. The lowest BCUT2D eigenvalue weighted by atomic mass is 9.98. The summed E-state index contributed by atoms with van der Waals surface area (Å²) in [6.07, 6.45) is 0. The first-order valence-electron chi connectivity index (χ1n) is 44.5. The molecule has 0 aliphatic rings. The summed E-state index contributed by atoms with van der Waals surface area (Å²) < 4.78 is 17.0. The van der Waals surface area contributed by atoms with Gasteiger partial charge in [0.2, 0.25) is 0 Å². The van der Waals surface area contributed by atoms with E-state index in [9.17, 15) is 0 Å². The molecule has 0 saturated heterocycles. The molecule has 32 aromatic rings. The van der Waals surface area contributed by atoms with Crippen molar-refractivity contribution in [2.45, 2.75) is 0 Å². The van der Waals surface area contributed by atoms with Crippen molar-refractivity contribution in [3.63, 3.8) is 0 Å². The van der Waals surface area contributed by atoms with Crippen LogP contribution in [0.5, 0.6) is 0 Å². The van der Waals surface area contributed by atoms with Gasteiger partial charge in [-0.25, -0.2) is 29.9 Å². The van der Waals surface area contributed by atoms with Crippen LogP contribution in [0.15, 0.2) is 400 Å². The molecule has 0 atom stereocenters. The third-order valence-corrected chi connectivity index (χ3v) is 29.0. The Morgan fingerprint density at radius 1 is 0.176 bits per heavy atom. The monoisotopic (exact) mass is 1680 g/mol. The van der Waals surface area contributed by atoms with Crippen molar-refractivity contribution in [1.82, 2.24) is 56.8 Å². The molecule has 0 spiro atoms. The summed E-state index contributed by atoms with van der Waals surface area (Å²) in [4.78, 5) is 31.3. The van der Waals surface area contributed by atoms with Crippen LogP contribution >= 0.6 is 11.3 Å². The molecular weight excluding hydrogens is 1620 g/mol. The first kappa shape index (κ1) is 70.7. The summed E-state index contributed by atoms with van der Waals surface area (Å²) in [5, 5.41) is 23.5. The topological polar surface area (TPSA) is 105 Å². The lowest BCUT2D eigenvalue weighted by molar-refractivity contribution is 1.19. The Bertz CT molecular complexity index is 10500. The van der Waals surface area contributed by atoms with Crippen molar-refractivity contribution >= 4 is 256 Å². The Kier molecular flexibility index (Phi) is 14.3. The predicted molar refractivity (Wildman–Crippen MR) is 547 cm³/mol. The van der Waals surface area contributed by atoms with E-state index in [-0.39, 0.29) is 0 Å². The van der Waals surface area contributed by atoms with Gasteiger partial charge in [-0.1, -0.05) is 261 Å². The molecule has 13 heterocycles. The number of nitrogens with zero attached hydrogens (tertiary/aromatic N) is 12. The molecule has 19 aromatic carbocycles. The van der Waals surface area contributed by atoms with Crippen molar-refractivity contribution in [2.75, 3.05) is 0 Å². The number of para-hydroxylation sites is 11. The largest absolute Gasteiger partial charge is 0.309 e. The average molecular weight is 1680 g/mol. The van der Waals surface area contributed by atoms with E-state index in [0.29, 0.717) is 0 Å². The van der Waals surface area contributed by atoms with Crippen molar-refractivity contribution in [1.29, 1.82) is 0 Å². The maximum Gasteiger partial charge on any atom is 0.165 e. The van der Waals surface area contributed by atoms with Gasteiger partial charge in [0.05, 0.1) is 99.3 Å². The minimum atomic E-state index is 0.895. The molecule has 0 aliphatic heterocycles. The summed E-state index contributed by atoms with van der Waals surface area (Å²) in [5.74, 6) is 0. The van der Waals surface area contributed by atoms with Gasteiger partial charge in [-0.15, -0.1) is 11.3 Å². The molecule has 0 bridgehead atoms. The van der Waals surface area contributed by atoms with E-state index in [0.717, 1.165) is 122 Å². The van der Waals surface area contributed by atoms with Crippen LogP contribution in [-0.2, 0) is 0 Å². The molecule has 13 heteroatoms. The van der Waals surface area contributed by atoms with E-state index < -0.39 is 0 Å². The van der Waals surface area contributed by atoms with Crippen molar-refractivity contribution in [3.05, 3.63) is 400 Å². The standard InChI is InChI=1S/C44H24N4S.C38H22N4.C36H20N4/c1-2-10-27(11-3-1)47-36-16-8-4-12-28(36)30-19-20-37-40(43(30)47)32-23-26(25-18-21-39-31(22-25)29-13-5-9-17-38(29)49-39)24-33-41-44(48(37)42(32)33)46-35-15-7-6-14-34(35)45-41;1-3-10-23(11-4-1)24-18-20-30-31(22-24)40-38-35(39-30)29-16-9-15-28-34-33(42(38)36(28)29)21-19-27-26-14-7-8-17-32(26)41(37(27)34)25-12-5-2-6-13-25;1-2-10-22(11-3-1)39-29-19-17-21-9-4-5-12-23(21)31(29)25-18-20-30-32(35(25)39)24-13-8-14-26-33-36(40(30)34(24)26)38-28-16-7-6-15-27(28)37-33/h1-24H;1-22H;1-20H. The molecule has 604 valence electrons. The van der Waals surface area contributed by atoms with Gasteiger partial charge in [0, 0.05) is 118 Å². The Morgan fingerprint density at radius 3 is 1.12 bits per heavy atom. The van der Waals surface area contributed by atoms with Crippen molar-refractivity contribution in [3.8, 4) is 39.3 Å². The highest BCUT2D eigenvalue weighted by Crippen LogP contribution is 2.51. The zero-order valence-electron chi connectivity index (χ0n) is 69.9. The van der Waals surface area contributed by atoms with Gasteiger partial charge in [-0.05, 0) is 173 Å². The predicted octanol–water partition coefficient (Wildman–Crippen LogP) is 30.5. The van der Waals surface area contributed by atoms with Gasteiger partial charge in [0.1, 0.15) is 16.6 Å². The molecule has 12 nitrogen and oxygen atoms in total. The molecule has 13 aromatic heterocycles. The fourth-order valence-corrected chi connectivity index (χ4v) is 23.5. The van der Waals surface area contributed by atoms with Crippen LogP contribution in [0.1, 0.15) is 0 Å². The quantitative estimate of drug-likeness (QED) is 0.170. The molecule has 0 saturated carbocycles. The lowest BCUT2D eigenvalue weighted by Crippen LogP contribution is -1.94. The van der Waals surface area contributed by atoms with Crippen LogP contribution in [-0.4, -0.2) is 56.8 Å². The van der Waals surface area contributed by atoms with E-state index >= 15 is 0 Å². The van der Waals surface area contributed by atoms with Gasteiger partial charge in [-0.2, -0.15) is 0 Å². The molecule has 32 rings (SSSR count). The number of hydrogen-bond acceptors (Lipinski definition) is 7. The van der Waals surface area contributed by atoms with Crippen LogP contribution in [0, 0.1) is 0 Å². The molecule has 0 amide bonds. The third kappa shape index (κ3) is 9.79. The molecule has 0 radical (unpaired) electrons. The van der Waals surface area contributed by atoms with E-state index in [2.05, 4.69) is 385 Å². The van der Waals surface area contributed by atoms with Crippen LogP contribution in [0.25, 0.3) is 284 Å². The third-order valence-electron chi connectivity index (χ3n) is 27.8. The number of rotatable bonds is 5. The van der Waals surface area contributed by atoms with Crippen LogP contribution < -0.4 is 0 Å². The Hall–Kier alpha value is -17.5. The van der Waals surface area contributed by atoms with Gasteiger partial charge in [-0.3, -0.25) is 13.2 Å². The minimum absolute atomic E-state index is 0.895. The normalized spacial score (nSPS) is 12.4. The minimum Gasteiger partial charge on any atom is -0.309 e. The second-order valence-corrected chi connectivity index (χ2v) is 35.8. The number of benzene rings is 19. The maximum absolute atomic E-state index is 5.30. The maximum atomic E-state index is 5.30. The molecule has 0 fully saturated rings. The summed E-state index contributed by atoms with van der Waals surface area (Å²) in [7, 11) is 0. The van der Waals surface area contributed by atoms with Crippen molar-refractivity contribution in [2.24, 2.45) is 0 Å². The zero-order chi connectivity index (χ0) is 85.1. The highest BCUT2D eigenvalue weighted by atomic mass is 32.1.